The fourth-order valence-electron chi connectivity index (χ4n) is 2.44. The Balaban J connectivity index is 2.59. The number of halogens is 3. The summed E-state index contributed by atoms with van der Waals surface area (Å²) in [5.41, 5.74) is -0.756. The third-order valence-electron chi connectivity index (χ3n) is 4.41. The fraction of sp³-hybridized carbons (Fsp3) is 0.867. The summed E-state index contributed by atoms with van der Waals surface area (Å²) in [7, 11) is -5.26. The molecule has 0 aromatic carbocycles. The molecule has 1 aliphatic rings. The first-order chi connectivity index (χ1) is 12.3. The molecule has 8 nitrogen and oxygen atoms in total. The molecule has 0 unspecified atom stereocenters. The van der Waals surface area contributed by atoms with E-state index in [1.165, 1.54) is 0 Å². The Bertz CT molecular complexity index is 642. The highest BCUT2D eigenvalue weighted by Gasteiger charge is 2.50. The Morgan fingerprint density at radius 2 is 1.78 bits per heavy atom. The van der Waals surface area contributed by atoms with Crippen molar-refractivity contribution in [1.82, 2.24) is 14.9 Å². The smallest absolute Gasteiger partial charge is 0.369 e. The normalized spacial score (nSPS) is 18.4. The first-order valence-corrected chi connectivity index (χ1v) is 10.1. The Kier molecular flexibility index (Phi) is 7.90. The summed E-state index contributed by atoms with van der Waals surface area (Å²) in [5, 5.41) is 6.10. The molecule has 4 N–H and O–H groups in total. The van der Waals surface area contributed by atoms with E-state index in [4.69, 9.17) is 5.73 Å². The van der Waals surface area contributed by atoms with E-state index in [0.717, 1.165) is 0 Å². The lowest BCUT2D eigenvalue weighted by atomic mass is 9.93. The molecule has 0 aromatic heterocycles. The lowest BCUT2D eigenvalue weighted by Gasteiger charge is -2.31. The van der Waals surface area contributed by atoms with Crippen LogP contribution in [0.1, 0.15) is 33.6 Å². The number of nitrogens with two attached hydrogens (primary N) is 1. The second-order valence-corrected chi connectivity index (χ2v) is 9.05. The van der Waals surface area contributed by atoms with E-state index < -0.39 is 26.9 Å². The minimum absolute atomic E-state index is 0.0118. The van der Waals surface area contributed by atoms with Crippen molar-refractivity contribution in [2.75, 3.05) is 32.7 Å². The van der Waals surface area contributed by atoms with Crippen LogP contribution in [0, 0.1) is 11.3 Å². The largest absolute Gasteiger partial charge is 0.511 e. The van der Waals surface area contributed by atoms with Gasteiger partial charge in [0.2, 0.25) is 5.91 Å². The first-order valence-electron chi connectivity index (χ1n) is 8.69. The Labute approximate surface area is 157 Å². The van der Waals surface area contributed by atoms with Gasteiger partial charge in [-0.15, -0.1) is 0 Å². The van der Waals surface area contributed by atoms with Crippen molar-refractivity contribution in [2.45, 2.75) is 39.1 Å². The fourth-order valence-corrected chi connectivity index (χ4v) is 3.42. The number of guanidine groups is 1. The number of carbonyl (C=O) groups excluding carboxylic acids is 1. The molecule has 158 valence electrons. The van der Waals surface area contributed by atoms with E-state index >= 15 is 0 Å². The zero-order valence-corrected chi connectivity index (χ0v) is 16.6. The van der Waals surface area contributed by atoms with Gasteiger partial charge in [0.25, 0.3) is 0 Å². The number of nitrogens with zero attached hydrogens (tertiary/aromatic N) is 2. The summed E-state index contributed by atoms with van der Waals surface area (Å²) in [6.45, 7) is 6.09. The number of nitrogens with one attached hydrogen (secondary N) is 2. The quantitative estimate of drug-likeness (QED) is 0.416. The highest BCUT2D eigenvalue weighted by atomic mass is 32.2. The number of alkyl halides is 3. The second kappa shape index (κ2) is 9.09. The molecule has 12 heteroatoms. The molecule has 0 aliphatic carbocycles. The van der Waals surface area contributed by atoms with Gasteiger partial charge in [0, 0.05) is 26.2 Å². The molecule has 1 aliphatic heterocycles. The number of hydrogen-bond donors (Lipinski definition) is 3. The van der Waals surface area contributed by atoms with Gasteiger partial charge in [-0.3, -0.25) is 9.79 Å². The molecule has 1 saturated heterocycles. The molecule has 0 bridgehead atoms. The van der Waals surface area contributed by atoms with Gasteiger partial charge >= 0.3 is 15.5 Å². The van der Waals surface area contributed by atoms with Crippen LogP contribution < -0.4 is 16.4 Å². The average Bonchev–Trinajstić information content (AvgIpc) is 2.56. The minimum atomic E-state index is -5.27. The molecule has 0 saturated carbocycles. The maximum atomic E-state index is 12.6. The predicted molar refractivity (Wildman–Crippen MR) is 96.2 cm³/mol. The molecule has 1 fully saturated rings. The predicted octanol–water partition coefficient (Wildman–Crippen LogP) is 0.615. The zero-order chi connectivity index (χ0) is 20.9. The molecule has 27 heavy (non-hydrogen) atoms. The maximum Gasteiger partial charge on any atom is 0.511 e. The molecule has 1 amide bonds. The van der Waals surface area contributed by atoms with Gasteiger partial charge in [-0.1, -0.05) is 0 Å². The molecule has 0 aromatic rings. The third kappa shape index (κ3) is 6.52. The monoisotopic (exact) mass is 415 g/mol. The highest BCUT2D eigenvalue weighted by molar-refractivity contribution is 7.90. The second-order valence-electron chi connectivity index (χ2n) is 7.12. The number of piperidine rings is 1. The van der Waals surface area contributed by atoms with Gasteiger partial charge in [0.05, 0.1) is 12.0 Å². The van der Waals surface area contributed by atoms with Crippen LogP contribution >= 0.6 is 0 Å². The lowest BCUT2D eigenvalue weighted by Crippen LogP contribution is -2.47. The van der Waals surface area contributed by atoms with Crippen molar-refractivity contribution in [1.29, 1.82) is 0 Å². The standard InChI is InChI=1S/C15H28F3N5O3S/c1-4-20-13(22-10-14(2,3)12(19)24)21-9-11-5-7-23(8-6-11)27(25,26)15(16,17)18/h11H,4-10H2,1-3H3,(H2,19,24)(H2,20,21,22). The number of rotatable bonds is 7. The number of aliphatic imine (C=N–C) groups is 1. The van der Waals surface area contributed by atoms with Crippen molar-refractivity contribution in [2.24, 2.45) is 22.1 Å². The number of primary amides is 1. The van der Waals surface area contributed by atoms with Gasteiger partial charge in [-0.05, 0) is 39.5 Å². The first kappa shape index (κ1) is 23.5. The highest BCUT2D eigenvalue weighted by Crippen LogP contribution is 2.30. The molecule has 1 heterocycles. The number of sulfonamides is 1. The maximum absolute atomic E-state index is 12.6. The molecule has 0 radical (unpaired) electrons. The summed E-state index contributed by atoms with van der Waals surface area (Å²) in [6, 6.07) is 0. The van der Waals surface area contributed by atoms with Crippen LogP contribution in [-0.4, -0.2) is 62.8 Å². The van der Waals surface area contributed by atoms with E-state index in [1.54, 1.807) is 13.8 Å². The third-order valence-corrected chi connectivity index (χ3v) is 6.04. The van der Waals surface area contributed by atoms with Crippen molar-refractivity contribution in [3.05, 3.63) is 0 Å². The van der Waals surface area contributed by atoms with Crippen LogP contribution in [0.4, 0.5) is 13.2 Å². The zero-order valence-electron chi connectivity index (χ0n) is 15.8. The van der Waals surface area contributed by atoms with Gasteiger partial charge in [0.15, 0.2) is 5.96 Å². The van der Waals surface area contributed by atoms with E-state index in [0.29, 0.717) is 36.2 Å². The topological polar surface area (TPSA) is 117 Å². The van der Waals surface area contributed by atoms with E-state index in [1.807, 2.05) is 6.92 Å². The Morgan fingerprint density at radius 3 is 2.22 bits per heavy atom. The molecule has 0 spiro atoms. The Hall–Kier alpha value is -1.56. The summed E-state index contributed by atoms with van der Waals surface area (Å²) in [6.07, 6.45) is 0.628. The number of hydrogen-bond acceptors (Lipinski definition) is 4. The molecule has 0 atom stereocenters. The van der Waals surface area contributed by atoms with Crippen molar-refractivity contribution in [3.63, 3.8) is 0 Å². The minimum Gasteiger partial charge on any atom is -0.369 e. The van der Waals surface area contributed by atoms with E-state index in [9.17, 15) is 26.4 Å². The summed E-state index contributed by atoms with van der Waals surface area (Å²) in [4.78, 5) is 15.7. The molecule has 1 rings (SSSR count). The van der Waals surface area contributed by atoms with Crippen LogP contribution in [0.5, 0.6) is 0 Å². The van der Waals surface area contributed by atoms with Crippen molar-refractivity contribution < 1.29 is 26.4 Å². The van der Waals surface area contributed by atoms with Crippen LogP contribution in [0.25, 0.3) is 0 Å². The molecular weight excluding hydrogens is 387 g/mol. The number of carbonyl (C=O) groups is 1. The number of amides is 1. The van der Waals surface area contributed by atoms with Crippen molar-refractivity contribution in [3.8, 4) is 0 Å². The van der Waals surface area contributed by atoms with Gasteiger partial charge in [-0.25, -0.2) is 8.42 Å². The van der Waals surface area contributed by atoms with Gasteiger partial charge in [-0.2, -0.15) is 17.5 Å². The van der Waals surface area contributed by atoms with Crippen LogP contribution in [0.2, 0.25) is 0 Å². The SMILES string of the molecule is CCNC(=NCC(C)(C)C(N)=O)NCC1CCN(S(=O)(=O)C(F)(F)F)CC1. The van der Waals surface area contributed by atoms with Gasteiger partial charge < -0.3 is 16.4 Å². The summed E-state index contributed by atoms with van der Waals surface area (Å²) in [5.74, 6) is 0.00945. The van der Waals surface area contributed by atoms with Crippen LogP contribution in [0.3, 0.4) is 0 Å². The van der Waals surface area contributed by atoms with E-state index in [-0.39, 0.29) is 25.6 Å². The average molecular weight is 415 g/mol. The van der Waals surface area contributed by atoms with E-state index in [2.05, 4.69) is 15.6 Å². The van der Waals surface area contributed by atoms with Crippen molar-refractivity contribution >= 4 is 21.9 Å². The molecular formula is C15H28F3N5O3S. The summed E-state index contributed by atoms with van der Waals surface area (Å²) < 4.78 is 61.1. The lowest BCUT2D eigenvalue weighted by molar-refractivity contribution is -0.125. The summed E-state index contributed by atoms with van der Waals surface area (Å²) >= 11 is 0. The van der Waals surface area contributed by atoms with Crippen LogP contribution in [0.15, 0.2) is 4.99 Å². The van der Waals surface area contributed by atoms with Crippen LogP contribution in [-0.2, 0) is 14.8 Å². The van der Waals surface area contributed by atoms with Gasteiger partial charge in [0.1, 0.15) is 0 Å². The Morgan fingerprint density at radius 1 is 1.22 bits per heavy atom.